The molecule has 0 aromatic heterocycles. The molecular weight excluding hydrogens is 358 g/mol. The third-order valence-electron chi connectivity index (χ3n) is 2.79. The number of hydrogen-bond donors (Lipinski definition) is 2. The minimum atomic E-state index is -3.71. The Bertz CT molecular complexity index is 785. The van der Waals surface area contributed by atoms with Crippen molar-refractivity contribution in [2.24, 2.45) is 0 Å². The lowest BCUT2D eigenvalue weighted by atomic mass is 10.2. The molecule has 110 valence electrons. The molecule has 0 unspecified atom stereocenters. The number of aryl methyl sites for hydroxylation is 1. The van der Waals surface area contributed by atoms with Gasteiger partial charge in [-0.1, -0.05) is 17.7 Å². The van der Waals surface area contributed by atoms with Gasteiger partial charge in [-0.2, -0.15) is 0 Å². The average molecular weight is 370 g/mol. The molecule has 0 heterocycles. The molecule has 0 saturated heterocycles. The Morgan fingerprint density at radius 3 is 2.29 bits per heavy atom. The minimum Gasteiger partial charge on any atom is -0.478 e. The summed E-state index contributed by atoms with van der Waals surface area (Å²) in [6, 6.07) is 10.5. The van der Waals surface area contributed by atoms with Crippen molar-refractivity contribution < 1.29 is 18.3 Å². The molecule has 0 aliphatic heterocycles. The summed E-state index contributed by atoms with van der Waals surface area (Å²) in [5.74, 6) is -1.08. The summed E-state index contributed by atoms with van der Waals surface area (Å²) in [6.07, 6.45) is 0. The molecule has 0 fully saturated rings. The first-order valence-corrected chi connectivity index (χ1v) is 8.19. The fourth-order valence-corrected chi connectivity index (χ4v) is 3.34. The summed E-state index contributed by atoms with van der Waals surface area (Å²) in [5, 5.41) is 8.88. The van der Waals surface area contributed by atoms with Crippen molar-refractivity contribution >= 4 is 37.6 Å². The number of halogens is 1. The molecule has 2 aromatic carbocycles. The molecule has 0 saturated carbocycles. The van der Waals surface area contributed by atoms with Crippen molar-refractivity contribution in [1.82, 2.24) is 0 Å². The van der Waals surface area contributed by atoms with Gasteiger partial charge in [0.05, 0.1) is 16.1 Å². The third kappa shape index (κ3) is 3.62. The summed E-state index contributed by atoms with van der Waals surface area (Å²) < 4.78 is 27.3. The van der Waals surface area contributed by atoms with Crippen LogP contribution in [0.4, 0.5) is 5.69 Å². The smallest absolute Gasteiger partial charge is 0.335 e. The van der Waals surface area contributed by atoms with Crippen LogP contribution in [0.25, 0.3) is 0 Å². The maximum absolute atomic E-state index is 12.2. The van der Waals surface area contributed by atoms with E-state index in [0.717, 1.165) is 5.56 Å². The predicted octanol–water partition coefficient (Wildman–Crippen LogP) is 3.26. The van der Waals surface area contributed by atoms with Gasteiger partial charge in [-0.05, 0) is 53.2 Å². The van der Waals surface area contributed by atoms with Crippen LogP contribution in [0, 0.1) is 6.92 Å². The van der Waals surface area contributed by atoms with E-state index in [4.69, 9.17) is 5.11 Å². The second-order valence-corrected chi connectivity index (χ2v) is 6.96. The first-order valence-electron chi connectivity index (χ1n) is 5.92. The topological polar surface area (TPSA) is 83.5 Å². The number of carbonyl (C=O) groups is 1. The highest BCUT2D eigenvalue weighted by Gasteiger charge is 2.16. The molecule has 0 spiro atoms. The fourth-order valence-electron chi connectivity index (χ4n) is 1.65. The molecular formula is C14H12BrNO4S. The van der Waals surface area contributed by atoms with E-state index in [-0.39, 0.29) is 16.1 Å². The zero-order valence-corrected chi connectivity index (χ0v) is 13.4. The van der Waals surface area contributed by atoms with Crippen molar-refractivity contribution in [3.8, 4) is 0 Å². The Morgan fingerprint density at radius 2 is 1.76 bits per heavy atom. The molecule has 0 aliphatic carbocycles. The van der Waals surface area contributed by atoms with Crippen LogP contribution in [0.1, 0.15) is 15.9 Å². The molecule has 0 amide bonds. The normalized spacial score (nSPS) is 11.1. The third-order valence-corrected chi connectivity index (χ3v) is 4.83. The van der Waals surface area contributed by atoms with Gasteiger partial charge in [0, 0.05) is 4.47 Å². The maximum atomic E-state index is 12.2. The minimum absolute atomic E-state index is 0.0696. The van der Waals surface area contributed by atoms with Crippen molar-refractivity contribution in [2.45, 2.75) is 11.8 Å². The molecule has 0 radical (unpaired) electrons. The Kier molecular flexibility index (Phi) is 4.34. The zero-order valence-electron chi connectivity index (χ0n) is 11.0. The van der Waals surface area contributed by atoms with Crippen LogP contribution in [0.15, 0.2) is 51.8 Å². The van der Waals surface area contributed by atoms with Crippen LogP contribution in [0.5, 0.6) is 0 Å². The Labute approximate surface area is 130 Å². The number of carboxylic acids is 1. The first-order chi connectivity index (χ1) is 9.79. The fraction of sp³-hybridized carbons (Fsp3) is 0.0714. The standard InChI is InChI=1S/C14H12BrNO4S/c1-9-2-5-11(6-3-9)21(19,20)16-13-7-4-10(14(17)18)8-12(13)15/h2-8,16H,1H3,(H,17,18). The van der Waals surface area contributed by atoms with Crippen molar-refractivity contribution in [3.63, 3.8) is 0 Å². The van der Waals surface area contributed by atoms with E-state index in [1.165, 1.54) is 30.3 Å². The number of sulfonamides is 1. The highest BCUT2D eigenvalue weighted by Crippen LogP contribution is 2.26. The number of nitrogens with one attached hydrogen (secondary N) is 1. The summed E-state index contributed by atoms with van der Waals surface area (Å²) in [5.41, 5.74) is 1.31. The molecule has 2 N–H and O–H groups in total. The van der Waals surface area contributed by atoms with Gasteiger partial charge in [0.25, 0.3) is 10.0 Å². The summed E-state index contributed by atoms with van der Waals surface area (Å²) >= 11 is 3.16. The molecule has 0 aliphatic rings. The van der Waals surface area contributed by atoms with Crippen LogP contribution in [-0.2, 0) is 10.0 Å². The summed E-state index contributed by atoms with van der Waals surface area (Å²) in [6.45, 7) is 1.87. The number of carboxylic acid groups (broad SMARTS) is 1. The lowest BCUT2D eigenvalue weighted by molar-refractivity contribution is 0.0697. The second kappa shape index (κ2) is 5.87. The van der Waals surface area contributed by atoms with E-state index in [0.29, 0.717) is 4.47 Å². The van der Waals surface area contributed by atoms with Crippen LogP contribution >= 0.6 is 15.9 Å². The van der Waals surface area contributed by atoms with Crippen LogP contribution < -0.4 is 4.72 Å². The predicted molar refractivity (Wildman–Crippen MR) is 83.1 cm³/mol. The van der Waals surface area contributed by atoms with E-state index >= 15 is 0 Å². The highest BCUT2D eigenvalue weighted by atomic mass is 79.9. The van der Waals surface area contributed by atoms with E-state index in [1.807, 2.05) is 6.92 Å². The van der Waals surface area contributed by atoms with Gasteiger partial charge in [-0.25, -0.2) is 13.2 Å². The molecule has 0 bridgehead atoms. The zero-order chi connectivity index (χ0) is 15.6. The molecule has 2 aromatic rings. The van der Waals surface area contributed by atoms with Crippen molar-refractivity contribution in [2.75, 3.05) is 4.72 Å². The van der Waals surface area contributed by atoms with Crippen molar-refractivity contribution in [3.05, 3.63) is 58.1 Å². The summed E-state index contributed by atoms with van der Waals surface area (Å²) in [7, 11) is -3.71. The molecule has 2 rings (SSSR count). The lowest BCUT2D eigenvalue weighted by Gasteiger charge is -2.10. The lowest BCUT2D eigenvalue weighted by Crippen LogP contribution is -2.13. The largest absolute Gasteiger partial charge is 0.478 e. The number of hydrogen-bond acceptors (Lipinski definition) is 3. The van der Waals surface area contributed by atoms with E-state index in [1.54, 1.807) is 12.1 Å². The average Bonchev–Trinajstić information content (AvgIpc) is 2.41. The monoisotopic (exact) mass is 369 g/mol. The van der Waals surface area contributed by atoms with Crippen LogP contribution in [0.3, 0.4) is 0 Å². The van der Waals surface area contributed by atoms with Gasteiger partial charge >= 0.3 is 5.97 Å². The van der Waals surface area contributed by atoms with Gasteiger partial charge < -0.3 is 5.11 Å². The quantitative estimate of drug-likeness (QED) is 0.866. The second-order valence-electron chi connectivity index (χ2n) is 4.42. The van der Waals surface area contributed by atoms with Gasteiger partial charge in [0.15, 0.2) is 0 Å². The van der Waals surface area contributed by atoms with Gasteiger partial charge in [0.1, 0.15) is 0 Å². The molecule has 5 nitrogen and oxygen atoms in total. The van der Waals surface area contributed by atoms with Gasteiger partial charge in [-0.3, -0.25) is 4.72 Å². The Morgan fingerprint density at radius 1 is 1.14 bits per heavy atom. The van der Waals surface area contributed by atoms with Crippen molar-refractivity contribution in [1.29, 1.82) is 0 Å². The number of aromatic carboxylic acids is 1. The molecule has 7 heteroatoms. The maximum Gasteiger partial charge on any atom is 0.335 e. The first kappa shape index (κ1) is 15.5. The highest BCUT2D eigenvalue weighted by molar-refractivity contribution is 9.10. The number of anilines is 1. The number of rotatable bonds is 4. The molecule has 0 atom stereocenters. The van der Waals surface area contributed by atoms with E-state index < -0.39 is 16.0 Å². The Balaban J connectivity index is 2.32. The van der Waals surface area contributed by atoms with Gasteiger partial charge in [0.2, 0.25) is 0 Å². The molecule has 21 heavy (non-hydrogen) atoms. The van der Waals surface area contributed by atoms with Crippen LogP contribution in [-0.4, -0.2) is 19.5 Å². The number of benzene rings is 2. The van der Waals surface area contributed by atoms with E-state index in [2.05, 4.69) is 20.7 Å². The van der Waals surface area contributed by atoms with Crippen LogP contribution in [0.2, 0.25) is 0 Å². The van der Waals surface area contributed by atoms with E-state index in [9.17, 15) is 13.2 Å². The Hall–Kier alpha value is -1.86. The SMILES string of the molecule is Cc1ccc(S(=O)(=O)Nc2ccc(C(=O)O)cc2Br)cc1. The summed E-state index contributed by atoms with van der Waals surface area (Å²) in [4.78, 5) is 11.0. The van der Waals surface area contributed by atoms with Gasteiger partial charge in [-0.15, -0.1) is 0 Å².